The topological polar surface area (TPSA) is 38.1 Å². The molecule has 0 aliphatic carbocycles. The second-order valence-electron chi connectivity index (χ2n) is 3.12. The van der Waals surface area contributed by atoms with Gasteiger partial charge in [-0.05, 0) is 0 Å². The van der Waals surface area contributed by atoms with Gasteiger partial charge >= 0.3 is 0 Å². The highest BCUT2D eigenvalue weighted by Crippen LogP contribution is 2.23. The van der Waals surface area contributed by atoms with Gasteiger partial charge in [0.1, 0.15) is 11.5 Å². The number of imidazole rings is 1. The predicted molar refractivity (Wildman–Crippen MR) is 45.4 cm³/mol. The number of ketones is 1. The van der Waals surface area contributed by atoms with E-state index in [0.717, 1.165) is 12.4 Å². The van der Waals surface area contributed by atoms with Crippen molar-refractivity contribution in [3.63, 3.8) is 0 Å². The molecule has 1 aliphatic rings. The second kappa shape index (κ2) is 2.33. The number of rotatable bonds is 0. The first kappa shape index (κ1) is 7.34. The van der Waals surface area contributed by atoms with Crippen LogP contribution >= 0.6 is 0 Å². The molecule has 12 heavy (non-hydrogen) atoms. The van der Waals surface area contributed by atoms with E-state index in [0.29, 0.717) is 12.1 Å². The van der Waals surface area contributed by atoms with Crippen LogP contribution in [0.4, 0.5) is 5.82 Å². The zero-order valence-corrected chi connectivity index (χ0v) is 7.24. The molecule has 0 atom stereocenters. The van der Waals surface area contributed by atoms with Crippen LogP contribution in [0.25, 0.3) is 0 Å². The van der Waals surface area contributed by atoms with Crippen LogP contribution in [0.2, 0.25) is 0 Å². The van der Waals surface area contributed by atoms with Gasteiger partial charge in [-0.2, -0.15) is 0 Å². The van der Waals surface area contributed by atoms with E-state index < -0.39 is 0 Å². The van der Waals surface area contributed by atoms with E-state index in [1.54, 1.807) is 6.33 Å². The van der Waals surface area contributed by atoms with Gasteiger partial charge < -0.3 is 9.47 Å². The average Bonchev–Trinajstić information content (AvgIpc) is 2.42. The fourth-order valence-corrected chi connectivity index (χ4v) is 1.56. The molecule has 0 saturated heterocycles. The molecule has 0 N–H and O–H groups in total. The maximum Gasteiger partial charge on any atom is 0.186 e. The summed E-state index contributed by atoms with van der Waals surface area (Å²) >= 11 is 0. The van der Waals surface area contributed by atoms with Crippen molar-refractivity contribution in [3.8, 4) is 0 Å². The van der Waals surface area contributed by atoms with Crippen molar-refractivity contribution in [2.45, 2.75) is 6.42 Å². The van der Waals surface area contributed by atoms with Crippen molar-refractivity contribution in [2.75, 3.05) is 18.5 Å². The van der Waals surface area contributed by atoms with Gasteiger partial charge in [-0.15, -0.1) is 0 Å². The van der Waals surface area contributed by atoms with Gasteiger partial charge in [0, 0.05) is 27.1 Å². The summed E-state index contributed by atoms with van der Waals surface area (Å²) in [6, 6.07) is 0. The summed E-state index contributed by atoms with van der Waals surface area (Å²) in [6.07, 6.45) is 2.27. The Morgan fingerprint density at radius 2 is 2.25 bits per heavy atom. The Hall–Kier alpha value is -1.32. The lowest BCUT2D eigenvalue weighted by Gasteiger charge is -2.23. The summed E-state index contributed by atoms with van der Waals surface area (Å²) < 4.78 is 1.88. The van der Waals surface area contributed by atoms with Crippen LogP contribution in [0, 0.1) is 0 Å². The molecule has 1 aliphatic heterocycles. The van der Waals surface area contributed by atoms with Gasteiger partial charge in [-0.1, -0.05) is 0 Å². The van der Waals surface area contributed by atoms with Crippen LogP contribution < -0.4 is 4.90 Å². The van der Waals surface area contributed by atoms with Crippen LogP contribution in [0.15, 0.2) is 6.33 Å². The third-order valence-electron chi connectivity index (χ3n) is 2.21. The van der Waals surface area contributed by atoms with E-state index in [1.807, 2.05) is 18.7 Å². The number of nitrogens with zero attached hydrogens (tertiary/aromatic N) is 3. The fourth-order valence-electron chi connectivity index (χ4n) is 1.56. The van der Waals surface area contributed by atoms with Crippen molar-refractivity contribution in [1.82, 2.24) is 9.55 Å². The Balaban J connectivity index is 2.57. The Labute approximate surface area is 70.8 Å². The maximum absolute atomic E-state index is 11.3. The van der Waals surface area contributed by atoms with Crippen molar-refractivity contribution in [3.05, 3.63) is 12.0 Å². The number of hydrogen-bond donors (Lipinski definition) is 0. The van der Waals surface area contributed by atoms with E-state index >= 15 is 0 Å². The molecule has 64 valence electrons. The summed E-state index contributed by atoms with van der Waals surface area (Å²) in [6.45, 7) is 0.797. The van der Waals surface area contributed by atoms with Gasteiger partial charge in [0.05, 0.1) is 6.33 Å². The van der Waals surface area contributed by atoms with Crippen LogP contribution in [0.1, 0.15) is 16.9 Å². The minimum Gasteiger partial charge on any atom is -0.359 e. The van der Waals surface area contributed by atoms with Crippen molar-refractivity contribution in [2.24, 2.45) is 7.05 Å². The standard InChI is InChI=1S/C8H11N3O/c1-10-4-3-6(12)7-8(10)11(2)5-9-7/h5H,3-4H2,1-2H3. The lowest BCUT2D eigenvalue weighted by atomic mass is 10.1. The van der Waals surface area contributed by atoms with Gasteiger partial charge in [-0.25, -0.2) is 4.98 Å². The number of aromatic nitrogens is 2. The third kappa shape index (κ3) is 0.841. The van der Waals surface area contributed by atoms with Crippen molar-refractivity contribution < 1.29 is 4.79 Å². The number of fused-ring (bicyclic) bond motifs is 1. The number of hydrogen-bond acceptors (Lipinski definition) is 3. The molecule has 0 spiro atoms. The Bertz CT molecular complexity index is 329. The Morgan fingerprint density at radius 1 is 1.50 bits per heavy atom. The van der Waals surface area contributed by atoms with E-state index in [1.165, 1.54) is 0 Å². The van der Waals surface area contributed by atoms with Gasteiger partial charge in [-0.3, -0.25) is 4.79 Å². The largest absolute Gasteiger partial charge is 0.359 e. The summed E-state index contributed by atoms with van der Waals surface area (Å²) in [5.41, 5.74) is 0.617. The van der Waals surface area contributed by atoms with E-state index in [9.17, 15) is 4.79 Å². The summed E-state index contributed by atoms with van der Waals surface area (Å²) in [5.74, 6) is 1.09. The Morgan fingerprint density at radius 3 is 2.92 bits per heavy atom. The number of carbonyl (C=O) groups excluding carboxylic acids is 1. The van der Waals surface area contributed by atoms with Crippen molar-refractivity contribution in [1.29, 1.82) is 0 Å². The van der Waals surface area contributed by atoms with Gasteiger partial charge in [0.25, 0.3) is 0 Å². The number of anilines is 1. The molecule has 1 aromatic rings. The van der Waals surface area contributed by atoms with Crippen LogP contribution in [-0.4, -0.2) is 28.9 Å². The van der Waals surface area contributed by atoms with E-state index in [-0.39, 0.29) is 5.78 Å². The quantitative estimate of drug-likeness (QED) is 0.560. The summed E-state index contributed by atoms with van der Waals surface area (Å²) in [5, 5.41) is 0. The SMILES string of the molecule is CN1CCC(=O)c2ncn(C)c21. The first-order valence-electron chi connectivity index (χ1n) is 3.96. The number of carbonyl (C=O) groups is 1. The molecule has 2 heterocycles. The molecule has 0 aromatic carbocycles. The zero-order chi connectivity index (χ0) is 8.72. The second-order valence-corrected chi connectivity index (χ2v) is 3.12. The fraction of sp³-hybridized carbons (Fsp3) is 0.500. The number of Topliss-reactive ketones (excluding diaryl/α,β-unsaturated/α-hetero) is 1. The normalized spacial score (nSPS) is 16.5. The first-order valence-corrected chi connectivity index (χ1v) is 3.96. The highest BCUT2D eigenvalue weighted by Gasteiger charge is 2.24. The molecule has 0 fully saturated rings. The van der Waals surface area contributed by atoms with Crippen molar-refractivity contribution >= 4 is 11.6 Å². The highest BCUT2D eigenvalue weighted by atomic mass is 16.1. The molecule has 0 amide bonds. The lowest BCUT2D eigenvalue weighted by Crippen LogP contribution is -2.29. The monoisotopic (exact) mass is 165 g/mol. The number of aryl methyl sites for hydroxylation is 1. The molecule has 4 heteroatoms. The van der Waals surface area contributed by atoms with Crippen LogP contribution in [0.3, 0.4) is 0 Å². The summed E-state index contributed by atoms with van der Waals surface area (Å²) in [4.78, 5) is 17.5. The molecule has 2 rings (SSSR count). The summed E-state index contributed by atoms with van der Waals surface area (Å²) in [7, 11) is 3.88. The smallest absolute Gasteiger partial charge is 0.186 e. The first-order chi connectivity index (χ1) is 5.70. The zero-order valence-electron chi connectivity index (χ0n) is 7.24. The minimum absolute atomic E-state index is 0.156. The molecule has 0 saturated carbocycles. The van der Waals surface area contributed by atoms with E-state index in [2.05, 4.69) is 9.88 Å². The molecule has 4 nitrogen and oxygen atoms in total. The molecule has 0 unspecified atom stereocenters. The van der Waals surface area contributed by atoms with E-state index in [4.69, 9.17) is 0 Å². The molecular formula is C8H11N3O. The van der Waals surface area contributed by atoms with Gasteiger partial charge in [0.15, 0.2) is 5.78 Å². The predicted octanol–water partition coefficient (Wildman–Crippen LogP) is 0.443. The molecule has 0 bridgehead atoms. The lowest BCUT2D eigenvalue weighted by molar-refractivity contribution is 0.0976. The highest BCUT2D eigenvalue weighted by molar-refractivity contribution is 6.00. The molecule has 0 radical (unpaired) electrons. The average molecular weight is 165 g/mol. The third-order valence-corrected chi connectivity index (χ3v) is 2.21. The molecule has 1 aromatic heterocycles. The van der Waals surface area contributed by atoms with Crippen LogP contribution in [-0.2, 0) is 7.05 Å². The minimum atomic E-state index is 0.156. The van der Waals surface area contributed by atoms with Gasteiger partial charge in [0.2, 0.25) is 0 Å². The Kier molecular flexibility index (Phi) is 1.43. The maximum atomic E-state index is 11.3. The van der Waals surface area contributed by atoms with Crippen LogP contribution in [0.5, 0.6) is 0 Å². The molecular weight excluding hydrogens is 154 g/mol.